The van der Waals surface area contributed by atoms with E-state index in [-0.39, 0.29) is 0 Å². The molecule has 0 unspecified atom stereocenters. The Bertz CT molecular complexity index is 352. The van der Waals surface area contributed by atoms with Gasteiger partial charge in [-0.25, -0.2) is 0 Å². The Hall–Kier alpha value is -0.980. The molecule has 88 valence electrons. The van der Waals surface area contributed by atoms with Crippen LogP contribution < -0.4 is 4.90 Å². The number of fused-ring (bicyclic) bond motifs is 1. The van der Waals surface area contributed by atoms with Crippen molar-refractivity contribution < 1.29 is 0 Å². The predicted octanol–water partition coefficient (Wildman–Crippen LogP) is 3.97. The molecular formula is C15H23N. The molecule has 0 amide bonds. The van der Waals surface area contributed by atoms with E-state index in [4.69, 9.17) is 0 Å². The van der Waals surface area contributed by atoms with E-state index in [0.717, 1.165) is 12.5 Å². The van der Waals surface area contributed by atoms with Crippen molar-refractivity contribution in [3.05, 3.63) is 29.3 Å². The SMILES string of the molecule is CCC(CC)c1ccc2c(c1)CCN2CC. The normalized spacial score (nSPS) is 14.6. The van der Waals surface area contributed by atoms with Crippen LogP contribution in [0.2, 0.25) is 0 Å². The lowest BCUT2D eigenvalue weighted by molar-refractivity contribution is 0.641. The van der Waals surface area contributed by atoms with Gasteiger partial charge in [0, 0.05) is 18.8 Å². The summed E-state index contributed by atoms with van der Waals surface area (Å²) in [6.07, 6.45) is 3.75. The van der Waals surface area contributed by atoms with Gasteiger partial charge < -0.3 is 4.90 Å². The molecule has 1 aromatic rings. The van der Waals surface area contributed by atoms with Crippen molar-refractivity contribution in [1.82, 2.24) is 0 Å². The summed E-state index contributed by atoms with van der Waals surface area (Å²) in [4.78, 5) is 2.48. The molecule has 0 aliphatic carbocycles. The molecule has 1 aromatic carbocycles. The van der Waals surface area contributed by atoms with E-state index < -0.39 is 0 Å². The maximum Gasteiger partial charge on any atom is 0.0399 e. The zero-order valence-corrected chi connectivity index (χ0v) is 10.8. The molecule has 2 rings (SSSR count). The van der Waals surface area contributed by atoms with Crippen LogP contribution in [0, 0.1) is 0 Å². The highest BCUT2D eigenvalue weighted by atomic mass is 15.1. The van der Waals surface area contributed by atoms with E-state index >= 15 is 0 Å². The molecule has 0 saturated heterocycles. The second kappa shape index (κ2) is 4.90. The van der Waals surface area contributed by atoms with Gasteiger partial charge in [-0.05, 0) is 49.3 Å². The van der Waals surface area contributed by atoms with Gasteiger partial charge in [-0.15, -0.1) is 0 Å². The third kappa shape index (κ3) is 1.95. The molecule has 0 atom stereocenters. The molecule has 1 heterocycles. The second-order valence-corrected chi connectivity index (χ2v) is 4.73. The highest BCUT2D eigenvalue weighted by Gasteiger charge is 2.18. The monoisotopic (exact) mass is 217 g/mol. The average molecular weight is 217 g/mol. The minimum absolute atomic E-state index is 0.751. The summed E-state index contributed by atoms with van der Waals surface area (Å²) in [6.45, 7) is 9.17. The summed E-state index contributed by atoms with van der Waals surface area (Å²) >= 11 is 0. The number of likely N-dealkylation sites (N-methyl/N-ethyl adjacent to an activating group) is 1. The highest BCUT2D eigenvalue weighted by Crippen LogP contribution is 2.32. The fraction of sp³-hybridized carbons (Fsp3) is 0.600. The standard InChI is InChI=1S/C15H23N/c1-4-12(5-2)13-7-8-15-14(11-13)9-10-16(15)6-3/h7-8,11-12H,4-6,9-10H2,1-3H3. The lowest BCUT2D eigenvalue weighted by Crippen LogP contribution is -2.19. The molecule has 0 saturated carbocycles. The molecule has 16 heavy (non-hydrogen) atoms. The third-order valence-electron chi connectivity index (χ3n) is 3.93. The maximum absolute atomic E-state index is 2.48. The first-order valence-corrected chi connectivity index (χ1v) is 6.67. The fourth-order valence-corrected chi connectivity index (χ4v) is 2.83. The van der Waals surface area contributed by atoms with Crippen LogP contribution in [-0.2, 0) is 6.42 Å². The fourth-order valence-electron chi connectivity index (χ4n) is 2.83. The molecule has 0 radical (unpaired) electrons. The zero-order valence-electron chi connectivity index (χ0n) is 10.8. The van der Waals surface area contributed by atoms with Crippen LogP contribution in [0.3, 0.4) is 0 Å². The summed E-state index contributed by atoms with van der Waals surface area (Å²) in [5.74, 6) is 0.751. The van der Waals surface area contributed by atoms with Gasteiger partial charge in [0.25, 0.3) is 0 Å². The maximum atomic E-state index is 2.48. The first kappa shape index (κ1) is 11.5. The summed E-state index contributed by atoms with van der Waals surface area (Å²) in [6, 6.07) is 7.12. The van der Waals surface area contributed by atoms with Gasteiger partial charge in [0.2, 0.25) is 0 Å². The van der Waals surface area contributed by atoms with Gasteiger partial charge in [-0.2, -0.15) is 0 Å². The number of benzene rings is 1. The number of hydrogen-bond acceptors (Lipinski definition) is 1. The molecule has 1 nitrogen and oxygen atoms in total. The average Bonchev–Trinajstić information content (AvgIpc) is 2.73. The van der Waals surface area contributed by atoms with Crippen LogP contribution >= 0.6 is 0 Å². The third-order valence-corrected chi connectivity index (χ3v) is 3.93. The predicted molar refractivity (Wildman–Crippen MR) is 71.4 cm³/mol. The van der Waals surface area contributed by atoms with Gasteiger partial charge >= 0.3 is 0 Å². The molecular weight excluding hydrogens is 194 g/mol. The van der Waals surface area contributed by atoms with E-state index in [2.05, 4.69) is 43.9 Å². The quantitative estimate of drug-likeness (QED) is 0.737. The summed E-state index contributed by atoms with van der Waals surface area (Å²) < 4.78 is 0. The van der Waals surface area contributed by atoms with E-state index in [1.54, 1.807) is 11.1 Å². The Labute approximate surface area is 99.5 Å². The summed E-state index contributed by atoms with van der Waals surface area (Å²) in [5, 5.41) is 0. The smallest absolute Gasteiger partial charge is 0.0399 e. The van der Waals surface area contributed by atoms with E-state index in [0.29, 0.717) is 0 Å². The molecule has 1 aliphatic rings. The molecule has 1 aliphatic heterocycles. The molecule has 1 heteroatoms. The van der Waals surface area contributed by atoms with Crippen molar-refractivity contribution in [2.75, 3.05) is 18.0 Å². The lowest BCUT2D eigenvalue weighted by atomic mass is 9.92. The van der Waals surface area contributed by atoms with E-state index in [9.17, 15) is 0 Å². The summed E-state index contributed by atoms with van der Waals surface area (Å²) in [5.41, 5.74) is 4.57. The van der Waals surface area contributed by atoms with Gasteiger partial charge in [-0.3, -0.25) is 0 Å². The van der Waals surface area contributed by atoms with Crippen LogP contribution in [0.15, 0.2) is 18.2 Å². The lowest BCUT2D eigenvalue weighted by Gasteiger charge is -2.18. The van der Waals surface area contributed by atoms with Crippen LogP contribution in [0.5, 0.6) is 0 Å². The Morgan fingerprint density at radius 1 is 1.19 bits per heavy atom. The van der Waals surface area contributed by atoms with Gasteiger partial charge in [-0.1, -0.05) is 26.0 Å². The number of nitrogens with zero attached hydrogens (tertiary/aromatic N) is 1. The molecule has 0 N–H and O–H groups in total. The van der Waals surface area contributed by atoms with Crippen LogP contribution in [0.4, 0.5) is 5.69 Å². The topological polar surface area (TPSA) is 3.24 Å². The minimum atomic E-state index is 0.751. The molecule has 0 spiro atoms. The Morgan fingerprint density at radius 3 is 2.56 bits per heavy atom. The van der Waals surface area contributed by atoms with E-state index in [1.807, 2.05) is 0 Å². The number of rotatable bonds is 4. The van der Waals surface area contributed by atoms with Crippen molar-refractivity contribution in [1.29, 1.82) is 0 Å². The van der Waals surface area contributed by atoms with Crippen molar-refractivity contribution in [3.8, 4) is 0 Å². The first-order valence-electron chi connectivity index (χ1n) is 6.67. The molecule has 0 aromatic heterocycles. The van der Waals surface area contributed by atoms with Gasteiger partial charge in [0.15, 0.2) is 0 Å². The van der Waals surface area contributed by atoms with Gasteiger partial charge in [0.05, 0.1) is 0 Å². The highest BCUT2D eigenvalue weighted by molar-refractivity contribution is 5.59. The van der Waals surface area contributed by atoms with Crippen molar-refractivity contribution in [2.24, 2.45) is 0 Å². The van der Waals surface area contributed by atoms with Gasteiger partial charge in [0.1, 0.15) is 0 Å². The molecule has 0 fully saturated rings. The van der Waals surface area contributed by atoms with Crippen LogP contribution in [-0.4, -0.2) is 13.1 Å². The summed E-state index contributed by atoms with van der Waals surface area (Å²) in [7, 11) is 0. The zero-order chi connectivity index (χ0) is 11.5. The first-order chi connectivity index (χ1) is 7.80. The molecule has 0 bridgehead atoms. The van der Waals surface area contributed by atoms with E-state index in [1.165, 1.54) is 31.5 Å². The Morgan fingerprint density at radius 2 is 1.94 bits per heavy atom. The Balaban J connectivity index is 2.27. The van der Waals surface area contributed by atoms with Crippen molar-refractivity contribution >= 4 is 5.69 Å². The number of hydrogen-bond donors (Lipinski definition) is 0. The second-order valence-electron chi connectivity index (χ2n) is 4.73. The van der Waals surface area contributed by atoms with Crippen LogP contribution in [0.1, 0.15) is 50.7 Å². The largest absolute Gasteiger partial charge is 0.371 e. The van der Waals surface area contributed by atoms with Crippen molar-refractivity contribution in [3.63, 3.8) is 0 Å². The Kier molecular flexibility index (Phi) is 3.52. The van der Waals surface area contributed by atoms with Crippen LogP contribution in [0.25, 0.3) is 0 Å². The number of anilines is 1. The van der Waals surface area contributed by atoms with Crippen molar-refractivity contribution in [2.45, 2.75) is 46.0 Å². The minimum Gasteiger partial charge on any atom is -0.371 e.